The monoisotopic (exact) mass is 249 g/mol. The lowest BCUT2D eigenvalue weighted by atomic mass is 10.00. The van der Waals surface area contributed by atoms with Crippen LogP contribution in [0.15, 0.2) is 36.9 Å². The number of nitrogens with one attached hydrogen (secondary N) is 1. The third-order valence-electron chi connectivity index (χ3n) is 2.64. The number of nitrogens with zero attached hydrogens (tertiary/aromatic N) is 2. The van der Waals surface area contributed by atoms with Gasteiger partial charge in [-0.3, -0.25) is 9.97 Å². The Kier molecular flexibility index (Phi) is 3.94. The van der Waals surface area contributed by atoms with Crippen molar-refractivity contribution >= 4 is 0 Å². The second-order valence-corrected chi connectivity index (χ2v) is 3.79. The molecule has 5 heteroatoms. The van der Waals surface area contributed by atoms with Gasteiger partial charge in [0.25, 0.3) is 0 Å². The molecule has 0 spiro atoms. The standard InChI is InChI=1S/C13H13F2N3/c1-2-18-13(9-3-5-16-7-11(9)14)10-4-6-17-8-12(10)15/h3-8,13,18H,2H2,1H3. The molecule has 0 aliphatic heterocycles. The van der Waals surface area contributed by atoms with Crippen molar-refractivity contribution in [3.63, 3.8) is 0 Å². The van der Waals surface area contributed by atoms with Gasteiger partial charge in [-0.1, -0.05) is 6.92 Å². The van der Waals surface area contributed by atoms with Crippen LogP contribution in [0.1, 0.15) is 24.1 Å². The minimum atomic E-state index is -0.541. The van der Waals surface area contributed by atoms with Crippen LogP contribution in [0.5, 0.6) is 0 Å². The van der Waals surface area contributed by atoms with Crippen LogP contribution in [0.4, 0.5) is 8.78 Å². The molecule has 0 unspecified atom stereocenters. The van der Waals surface area contributed by atoms with Crippen molar-refractivity contribution < 1.29 is 8.78 Å². The SMILES string of the molecule is CCNC(c1ccncc1F)c1ccncc1F. The molecule has 0 radical (unpaired) electrons. The summed E-state index contributed by atoms with van der Waals surface area (Å²) in [5, 5.41) is 3.06. The van der Waals surface area contributed by atoms with E-state index in [1.807, 2.05) is 6.92 Å². The van der Waals surface area contributed by atoms with Crippen molar-refractivity contribution in [2.45, 2.75) is 13.0 Å². The highest BCUT2D eigenvalue weighted by Gasteiger charge is 2.19. The predicted molar refractivity (Wildman–Crippen MR) is 63.9 cm³/mol. The smallest absolute Gasteiger partial charge is 0.146 e. The molecule has 0 aromatic carbocycles. The summed E-state index contributed by atoms with van der Waals surface area (Å²) in [7, 11) is 0. The van der Waals surface area contributed by atoms with E-state index in [4.69, 9.17) is 0 Å². The summed E-state index contributed by atoms with van der Waals surface area (Å²) in [4.78, 5) is 7.39. The van der Waals surface area contributed by atoms with Crippen LogP contribution in [0.25, 0.3) is 0 Å². The van der Waals surface area contributed by atoms with Crippen LogP contribution >= 0.6 is 0 Å². The highest BCUT2D eigenvalue weighted by atomic mass is 19.1. The Morgan fingerprint density at radius 3 is 1.94 bits per heavy atom. The maximum atomic E-state index is 13.7. The van der Waals surface area contributed by atoms with Gasteiger partial charge in [0.2, 0.25) is 0 Å². The highest BCUT2D eigenvalue weighted by molar-refractivity contribution is 5.31. The summed E-state index contributed by atoms with van der Waals surface area (Å²) in [5.41, 5.74) is 0.744. The van der Waals surface area contributed by atoms with E-state index in [-0.39, 0.29) is 0 Å². The molecule has 2 rings (SSSR count). The fourth-order valence-electron chi connectivity index (χ4n) is 1.83. The Labute approximate surface area is 104 Å². The lowest BCUT2D eigenvalue weighted by Gasteiger charge is -2.19. The molecule has 0 aliphatic rings. The first kappa shape index (κ1) is 12.6. The van der Waals surface area contributed by atoms with Crippen molar-refractivity contribution in [1.29, 1.82) is 0 Å². The third-order valence-corrected chi connectivity index (χ3v) is 2.64. The number of pyridine rings is 2. The molecule has 2 heterocycles. The molecule has 0 amide bonds. The van der Waals surface area contributed by atoms with Crippen molar-refractivity contribution in [3.05, 3.63) is 59.7 Å². The molecular weight excluding hydrogens is 236 g/mol. The molecule has 1 N–H and O–H groups in total. The van der Waals surface area contributed by atoms with Crippen LogP contribution < -0.4 is 5.32 Å². The molecule has 2 aromatic heterocycles. The van der Waals surface area contributed by atoms with E-state index in [1.54, 1.807) is 12.1 Å². The van der Waals surface area contributed by atoms with Crippen molar-refractivity contribution in [3.8, 4) is 0 Å². The van der Waals surface area contributed by atoms with E-state index in [2.05, 4.69) is 15.3 Å². The summed E-state index contributed by atoms with van der Waals surface area (Å²) in [5.74, 6) is -0.917. The van der Waals surface area contributed by atoms with Gasteiger partial charge in [-0.25, -0.2) is 8.78 Å². The number of hydrogen-bond donors (Lipinski definition) is 1. The summed E-state index contributed by atoms with van der Waals surface area (Å²) < 4.78 is 27.5. The fourth-order valence-corrected chi connectivity index (χ4v) is 1.83. The molecular formula is C13H13F2N3. The minimum absolute atomic E-state index is 0.372. The molecule has 0 bridgehead atoms. The van der Waals surface area contributed by atoms with Gasteiger partial charge in [0, 0.05) is 23.5 Å². The van der Waals surface area contributed by atoms with E-state index in [1.165, 1.54) is 12.4 Å². The number of aromatic nitrogens is 2. The van der Waals surface area contributed by atoms with Crippen LogP contribution in [0.3, 0.4) is 0 Å². The van der Waals surface area contributed by atoms with Crippen LogP contribution in [0, 0.1) is 11.6 Å². The van der Waals surface area contributed by atoms with Gasteiger partial charge in [-0.05, 0) is 18.7 Å². The molecule has 94 valence electrons. The topological polar surface area (TPSA) is 37.8 Å². The van der Waals surface area contributed by atoms with Crippen molar-refractivity contribution in [1.82, 2.24) is 15.3 Å². The van der Waals surface area contributed by atoms with E-state index >= 15 is 0 Å². The quantitative estimate of drug-likeness (QED) is 0.904. The average molecular weight is 249 g/mol. The van der Waals surface area contributed by atoms with Crippen LogP contribution in [0.2, 0.25) is 0 Å². The second kappa shape index (κ2) is 5.64. The lowest BCUT2D eigenvalue weighted by Crippen LogP contribution is -2.24. The van der Waals surface area contributed by atoms with Gasteiger partial charge < -0.3 is 5.32 Å². The van der Waals surface area contributed by atoms with E-state index in [0.29, 0.717) is 17.7 Å². The normalized spacial score (nSPS) is 10.9. The van der Waals surface area contributed by atoms with Crippen LogP contribution in [-0.2, 0) is 0 Å². The van der Waals surface area contributed by atoms with Gasteiger partial charge >= 0.3 is 0 Å². The Morgan fingerprint density at radius 1 is 1.06 bits per heavy atom. The Bertz CT molecular complexity index is 486. The molecule has 18 heavy (non-hydrogen) atoms. The first-order valence-corrected chi connectivity index (χ1v) is 5.66. The van der Waals surface area contributed by atoms with Crippen LogP contribution in [-0.4, -0.2) is 16.5 Å². The maximum Gasteiger partial charge on any atom is 0.146 e. The highest BCUT2D eigenvalue weighted by Crippen LogP contribution is 2.25. The number of halogens is 2. The van der Waals surface area contributed by atoms with Crippen molar-refractivity contribution in [2.24, 2.45) is 0 Å². The fraction of sp³-hybridized carbons (Fsp3) is 0.231. The number of hydrogen-bond acceptors (Lipinski definition) is 3. The maximum absolute atomic E-state index is 13.7. The largest absolute Gasteiger partial charge is 0.306 e. The first-order chi connectivity index (χ1) is 8.74. The van der Waals surface area contributed by atoms with Gasteiger partial charge in [0.05, 0.1) is 18.4 Å². The van der Waals surface area contributed by atoms with Gasteiger partial charge in [-0.15, -0.1) is 0 Å². The Balaban J connectivity index is 2.47. The third kappa shape index (κ3) is 2.51. The van der Waals surface area contributed by atoms with Crippen molar-refractivity contribution in [2.75, 3.05) is 6.54 Å². The molecule has 0 fully saturated rings. The zero-order valence-electron chi connectivity index (χ0n) is 9.90. The Morgan fingerprint density at radius 2 is 1.56 bits per heavy atom. The minimum Gasteiger partial charge on any atom is -0.306 e. The summed E-state index contributed by atoms with van der Waals surface area (Å²) in [6, 6.07) is 2.55. The van der Waals surface area contributed by atoms with E-state index in [9.17, 15) is 8.78 Å². The van der Waals surface area contributed by atoms with Gasteiger partial charge in [-0.2, -0.15) is 0 Å². The molecule has 0 saturated carbocycles. The van der Waals surface area contributed by atoms with E-state index in [0.717, 1.165) is 12.4 Å². The first-order valence-electron chi connectivity index (χ1n) is 5.66. The predicted octanol–water partition coefficient (Wildman–Crippen LogP) is 2.45. The molecule has 0 atom stereocenters. The molecule has 0 aliphatic carbocycles. The lowest BCUT2D eigenvalue weighted by molar-refractivity contribution is 0.526. The zero-order chi connectivity index (χ0) is 13.0. The average Bonchev–Trinajstić information content (AvgIpc) is 2.38. The summed E-state index contributed by atoms with van der Waals surface area (Å²) >= 11 is 0. The summed E-state index contributed by atoms with van der Waals surface area (Å²) in [6.07, 6.45) is 5.22. The molecule has 0 saturated heterocycles. The van der Waals surface area contributed by atoms with Gasteiger partial charge in [0.1, 0.15) is 11.6 Å². The second-order valence-electron chi connectivity index (χ2n) is 3.79. The number of rotatable bonds is 4. The van der Waals surface area contributed by atoms with Gasteiger partial charge in [0.15, 0.2) is 0 Å². The molecule has 3 nitrogen and oxygen atoms in total. The molecule has 2 aromatic rings. The Hall–Kier alpha value is -1.88. The zero-order valence-corrected chi connectivity index (χ0v) is 9.90. The van der Waals surface area contributed by atoms with E-state index < -0.39 is 17.7 Å². The summed E-state index contributed by atoms with van der Waals surface area (Å²) in [6.45, 7) is 2.47.